The van der Waals surface area contributed by atoms with E-state index in [-0.39, 0.29) is 11.4 Å². The fraction of sp³-hybridized carbons (Fsp3) is 0.444. The molecule has 4 aromatic rings. The fourth-order valence-electron chi connectivity index (χ4n) is 5.47. The molecule has 3 aromatic heterocycles. The highest BCUT2D eigenvalue weighted by Crippen LogP contribution is 2.43. The molecule has 1 aliphatic heterocycles. The van der Waals surface area contributed by atoms with E-state index in [1.165, 1.54) is 24.7 Å². The van der Waals surface area contributed by atoms with Gasteiger partial charge in [-0.2, -0.15) is 0 Å². The average molecular weight is 475 g/mol. The molecule has 0 amide bonds. The van der Waals surface area contributed by atoms with Crippen molar-refractivity contribution in [3.8, 4) is 5.69 Å². The van der Waals surface area contributed by atoms with E-state index in [2.05, 4.69) is 33.1 Å². The Bertz CT molecular complexity index is 1430. The molecule has 4 heterocycles. The van der Waals surface area contributed by atoms with E-state index < -0.39 is 6.17 Å². The van der Waals surface area contributed by atoms with Crippen molar-refractivity contribution in [1.29, 1.82) is 0 Å². The number of pyridine rings is 1. The van der Waals surface area contributed by atoms with Crippen molar-refractivity contribution in [3.05, 3.63) is 75.9 Å². The molecule has 182 valence electrons. The SMILES string of the molecule is C[C@H]1CCCN(Cc2cc3c(C4CC4)cn(-c4cccc(C(F)c5nncn5C)c4)c(=O)c3[nH]2)C1. The van der Waals surface area contributed by atoms with Crippen LogP contribution >= 0.6 is 0 Å². The number of fused-ring (bicyclic) bond motifs is 1. The molecule has 1 aromatic carbocycles. The molecule has 2 fully saturated rings. The standard InChI is InChI=1S/C27H31FN6O/c1-17-5-4-10-33(13-17)14-20-12-22-23(18-8-9-18)15-34(27(35)25(22)30-20)21-7-3-6-19(11-21)24(28)26-31-29-16-32(26)2/h3,6-7,11-12,15-18,24,30H,4-5,8-10,13-14H2,1-2H3/t17-,24?/m0/s1. The monoisotopic (exact) mass is 474 g/mol. The molecule has 2 aliphatic rings. The van der Waals surface area contributed by atoms with Crippen molar-refractivity contribution in [1.82, 2.24) is 29.2 Å². The maximum absolute atomic E-state index is 15.3. The van der Waals surface area contributed by atoms with Crippen molar-refractivity contribution >= 4 is 10.9 Å². The molecule has 6 rings (SSSR count). The number of rotatable bonds is 6. The number of hydrogen-bond donors (Lipinski definition) is 1. The lowest BCUT2D eigenvalue weighted by molar-refractivity contribution is 0.175. The van der Waals surface area contributed by atoms with Gasteiger partial charge >= 0.3 is 0 Å². The van der Waals surface area contributed by atoms with E-state index in [0.717, 1.165) is 43.6 Å². The van der Waals surface area contributed by atoms with Crippen LogP contribution in [0.5, 0.6) is 0 Å². The zero-order chi connectivity index (χ0) is 24.1. The molecule has 1 unspecified atom stereocenters. The third-order valence-corrected chi connectivity index (χ3v) is 7.45. The summed E-state index contributed by atoms with van der Waals surface area (Å²) in [5.41, 5.74) is 3.93. The first-order chi connectivity index (χ1) is 17.0. The Labute approximate surface area is 203 Å². The first-order valence-electron chi connectivity index (χ1n) is 12.6. The fourth-order valence-corrected chi connectivity index (χ4v) is 5.47. The van der Waals surface area contributed by atoms with Gasteiger partial charge < -0.3 is 9.55 Å². The number of halogens is 1. The first kappa shape index (κ1) is 22.2. The summed E-state index contributed by atoms with van der Waals surface area (Å²) in [5, 5.41) is 8.74. The van der Waals surface area contributed by atoms with Gasteiger partial charge in [-0.25, -0.2) is 4.39 Å². The first-order valence-corrected chi connectivity index (χ1v) is 12.6. The largest absolute Gasteiger partial charge is 0.353 e. The van der Waals surface area contributed by atoms with E-state index in [0.29, 0.717) is 28.6 Å². The number of aryl methyl sites for hydroxylation is 1. The molecule has 1 N–H and O–H groups in total. The Balaban J connectivity index is 1.39. The highest BCUT2D eigenvalue weighted by atomic mass is 19.1. The van der Waals surface area contributed by atoms with Crippen molar-refractivity contribution < 1.29 is 4.39 Å². The third kappa shape index (κ3) is 4.20. The lowest BCUT2D eigenvalue weighted by Crippen LogP contribution is -2.33. The number of hydrogen-bond acceptors (Lipinski definition) is 4. The minimum atomic E-state index is -1.42. The summed E-state index contributed by atoms with van der Waals surface area (Å²) in [6, 6.07) is 9.29. The van der Waals surface area contributed by atoms with Gasteiger partial charge in [-0.3, -0.25) is 14.3 Å². The number of piperidine rings is 1. The number of aromatic nitrogens is 5. The molecule has 7 nitrogen and oxygen atoms in total. The number of benzene rings is 1. The molecule has 1 saturated carbocycles. The van der Waals surface area contributed by atoms with Gasteiger partial charge in [-0.1, -0.05) is 19.1 Å². The third-order valence-electron chi connectivity index (χ3n) is 7.45. The van der Waals surface area contributed by atoms with E-state index in [4.69, 9.17) is 0 Å². The Kier molecular flexibility index (Phi) is 5.56. The minimum absolute atomic E-state index is 0.103. The maximum atomic E-state index is 15.3. The molecule has 2 atom stereocenters. The molecular weight excluding hydrogens is 443 g/mol. The van der Waals surface area contributed by atoms with E-state index in [1.54, 1.807) is 34.4 Å². The maximum Gasteiger partial charge on any atom is 0.279 e. The molecule has 35 heavy (non-hydrogen) atoms. The molecule has 8 heteroatoms. The van der Waals surface area contributed by atoms with Crippen LogP contribution in [-0.2, 0) is 13.6 Å². The molecule has 1 saturated heterocycles. The summed E-state index contributed by atoms with van der Waals surface area (Å²) < 4.78 is 18.5. The van der Waals surface area contributed by atoms with Gasteiger partial charge in [0.2, 0.25) is 0 Å². The molecule has 1 aliphatic carbocycles. The zero-order valence-electron chi connectivity index (χ0n) is 20.2. The number of nitrogens with one attached hydrogen (secondary N) is 1. The van der Waals surface area contributed by atoms with E-state index in [1.807, 2.05) is 12.3 Å². The highest BCUT2D eigenvalue weighted by molar-refractivity contribution is 5.84. The highest BCUT2D eigenvalue weighted by Gasteiger charge is 2.28. The van der Waals surface area contributed by atoms with Crippen LogP contribution in [0.2, 0.25) is 0 Å². The van der Waals surface area contributed by atoms with Crippen LogP contribution in [0, 0.1) is 5.92 Å². The number of alkyl halides is 1. The van der Waals surface area contributed by atoms with E-state index >= 15 is 4.39 Å². The van der Waals surface area contributed by atoms with Gasteiger partial charge in [0, 0.05) is 43.1 Å². The van der Waals surface area contributed by atoms with Gasteiger partial charge in [0.25, 0.3) is 5.56 Å². The second kappa shape index (κ2) is 8.75. The topological polar surface area (TPSA) is 71.7 Å². The normalized spacial score (nSPS) is 19.9. The van der Waals surface area contributed by atoms with Crippen LogP contribution in [0.3, 0.4) is 0 Å². The predicted octanol–water partition coefficient (Wildman–Crippen LogP) is 4.62. The summed E-state index contributed by atoms with van der Waals surface area (Å²) in [6.45, 7) is 5.33. The summed E-state index contributed by atoms with van der Waals surface area (Å²) in [7, 11) is 1.72. The quantitative estimate of drug-likeness (QED) is 0.443. The Morgan fingerprint density at radius 3 is 2.83 bits per heavy atom. The lowest BCUT2D eigenvalue weighted by Gasteiger charge is -2.30. The van der Waals surface area contributed by atoms with Gasteiger partial charge in [0.15, 0.2) is 12.0 Å². The number of H-pyrrole nitrogens is 1. The summed E-state index contributed by atoms with van der Waals surface area (Å²) in [6.07, 6.45) is 6.81. The van der Waals surface area contributed by atoms with Crippen LogP contribution in [0.4, 0.5) is 4.39 Å². The smallest absolute Gasteiger partial charge is 0.279 e. The molecule has 0 spiro atoms. The summed E-state index contributed by atoms with van der Waals surface area (Å²) in [5.74, 6) is 1.42. The molecule has 0 radical (unpaired) electrons. The van der Waals surface area contributed by atoms with Crippen molar-refractivity contribution in [2.24, 2.45) is 13.0 Å². The lowest BCUT2D eigenvalue weighted by atomic mass is 10.0. The van der Waals surface area contributed by atoms with Crippen LogP contribution in [-0.4, -0.2) is 42.3 Å². The molecular formula is C27H31FN6O. The second-order valence-electron chi connectivity index (χ2n) is 10.4. The van der Waals surface area contributed by atoms with Crippen LogP contribution in [0.15, 0.2) is 47.7 Å². The Morgan fingerprint density at radius 2 is 2.09 bits per heavy atom. The Hall–Kier alpha value is -3.26. The van der Waals surface area contributed by atoms with Crippen molar-refractivity contribution in [2.75, 3.05) is 13.1 Å². The van der Waals surface area contributed by atoms with Crippen LogP contribution in [0.1, 0.15) is 67.3 Å². The van der Waals surface area contributed by atoms with Crippen molar-refractivity contribution in [2.45, 2.75) is 51.2 Å². The second-order valence-corrected chi connectivity index (χ2v) is 10.4. The van der Waals surface area contributed by atoms with Gasteiger partial charge in [0.05, 0.1) is 0 Å². The average Bonchev–Trinajstić information content (AvgIpc) is 3.46. The predicted molar refractivity (Wildman–Crippen MR) is 133 cm³/mol. The summed E-state index contributed by atoms with van der Waals surface area (Å²) in [4.78, 5) is 19.6. The van der Waals surface area contributed by atoms with E-state index in [9.17, 15) is 4.79 Å². The number of aromatic amines is 1. The number of likely N-dealkylation sites (tertiary alicyclic amines) is 1. The van der Waals surface area contributed by atoms with Gasteiger partial charge in [0.1, 0.15) is 11.8 Å². The van der Waals surface area contributed by atoms with Crippen molar-refractivity contribution in [3.63, 3.8) is 0 Å². The molecule has 0 bridgehead atoms. The zero-order valence-corrected chi connectivity index (χ0v) is 20.2. The Morgan fingerprint density at radius 1 is 1.23 bits per heavy atom. The minimum Gasteiger partial charge on any atom is -0.353 e. The number of nitrogens with zero attached hydrogens (tertiary/aromatic N) is 5. The van der Waals surface area contributed by atoms with Crippen LogP contribution < -0.4 is 5.56 Å². The summed E-state index contributed by atoms with van der Waals surface area (Å²) >= 11 is 0. The van der Waals surface area contributed by atoms with Gasteiger partial charge in [-0.05, 0) is 73.4 Å². The van der Waals surface area contributed by atoms with Crippen LogP contribution in [0.25, 0.3) is 16.6 Å². The van der Waals surface area contributed by atoms with Gasteiger partial charge in [-0.15, -0.1) is 10.2 Å².